The van der Waals surface area contributed by atoms with Gasteiger partial charge < -0.3 is 15.4 Å². The molecule has 6 heteroatoms. The Balaban J connectivity index is 1.86. The number of thiocarbonyl (C=S) groups is 1. The van der Waals surface area contributed by atoms with Crippen molar-refractivity contribution in [3.63, 3.8) is 0 Å². The van der Waals surface area contributed by atoms with Crippen LogP contribution in [-0.2, 0) is 4.74 Å². The monoisotopic (exact) mass is 266 g/mol. The van der Waals surface area contributed by atoms with E-state index in [2.05, 4.69) is 10.2 Å². The van der Waals surface area contributed by atoms with Crippen molar-refractivity contribution in [1.82, 2.24) is 10.2 Å². The highest BCUT2D eigenvalue weighted by molar-refractivity contribution is 7.80. The van der Waals surface area contributed by atoms with Gasteiger partial charge in [-0.05, 0) is 24.8 Å². The van der Waals surface area contributed by atoms with Gasteiger partial charge in [0.1, 0.15) is 4.99 Å². The minimum atomic E-state index is 0.339. The Morgan fingerprint density at radius 3 is 3.06 bits per heavy atom. The van der Waals surface area contributed by atoms with Gasteiger partial charge >= 0.3 is 0 Å². The molecule has 0 unspecified atom stereocenters. The van der Waals surface area contributed by atoms with E-state index >= 15 is 0 Å². The molecule has 1 heterocycles. The molecule has 2 N–H and O–H groups in total. The number of nitrogens with two attached hydrogens (primary N) is 1. The summed E-state index contributed by atoms with van der Waals surface area (Å²) in [5.74, 6) is 1.50. The number of nitrogens with zero attached hydrogens (tertiary/aromatic N) is 3. The number of hydrogen-bond donors (Lipinski definition) is 1. The van der Waals surface area contributed by atoms with Crippen LogP contribution in [0.3, 0.4) is 0 Å². The summed E-state index contributed by atoms with van der Waals surface area (Å²) in [5, 5.41) is 7.95. The van der Waals surface area contributed by atoms with E-state index in [0.29, 0.717) is 17.4 Å². The zero-order chi connectivity index (χ0) is 13.0. The molecule has 0 amide bonds. The van der Waals surface area contributed by atoms with Gasteiger partial charge in [-0.25, -0.2) is 0 Å². The summed E-state index contributed by atoms with van der Waals surface area (Å²) in [6, 6.07) is 1.78. The van der Waals surface area contributed by atoms with E-state index in [1.54, 1.807) is 12.3 Å². The lowest BCUT2D eigenvalue weighted by molar-refractivity contribution is 0.130. The SMILES string of the molecule is CN(CCOCC1CC1)c1nnccc1C(N)=S. The highest BCUT2D eigenvalue weighted by Crippen LogP contribution is 2.28. The van der Waals surface area contributed by atoms with Crippen LogP contribution in [0.15, 0.2) is 12.3 Å². The number of aromatic nitrogens is 2. The molecule has 0 aliphatic heterocycles. The first-order valence-corrected chi connectivity index (χ1v) is 6.49. The normalized spacial score (nSPS) is 14.5. The molecule has 0 spiro atoms. The Hall–Kier alpha value is -1.27. The fourth-order valence-electron chi connectivity index (χ4n) is 1.64. The molecule has 1 aliphatic rings. The summed E-state index contributed by atoms with van der Waals surface area (Å²) in [5.41, 5.74) is 6.42. The predicted molar refractivity (Wildman–Crippen MR) is 74.7 cm³/mol. The van der Waals surface area contributed by atoms with E-state index < -0.39 is 0 Å². The highest BCUT2D eigenvalue weighted by atomic mass is 32.1. The van der Waals surface area contributed by atoms with Gasteiger partial charge in [-0.1, -0.05) is 12.2 Å². The van der Waals surface area contributed by atoms with Gasteiger partial charge in [0.05, 0.1) is 18.4 Å². The first-order valence-electron chi connectivity index (χ1n) is 6.09. The maximum absolute atomic E-state index is 5.66. The lowest BCUT2D eigenvalue weighted by atomic mass is 10.2. The number of hydrogen-bond acceptors (Lipinski definition) is 5. The quantitative estimate of drug-likeness (QED) is 0.586. The number of ether oxygens (including phenoxy) is 1. The zero-order valence-electron chi connectivity index (χ0n) is 10.5. The second-order valence-corrected chi connectivity index (χ2v) is 5.01. The summed E-state index contributed by atoms with van der Waals surface area (Å²) in [4.78, 5) is 2.31. The van der Waals surface area contributed by atoms with Crippen molar-refractivity contribution in [3.05, 3.63) is 17.8 Å². The molecule has 1 fully saturated rings. The zero-order valence-corrected chi connectivity index (χ0v) is 11.3. The highest BCUT2D eigenvalue weighted by Gasteiger charge is 2.21. The first kappa shape index (κ1) is 13.2. The Kier molecular flexibility index (Phi) is 4.43. The Labute approximate surface area is 112 Å². The summed E-state index contributed by atoms with van der Waals surface area (Å²) >= 11 is 5.00. The van der Waals surface area contributed by atoms with Gasteiger partial charge in [-0.2, -0.15) is 5.10 Å². The third kappa shape index (κ3) is 3.61. The molecular formula is C12H18N4OS. The van der Waals surface area contributed by atoms with E-state index in [4.69, 9.17) is 22.7 Å². The van der Waals surface area contributed by atoms with E-state index in [-0.39, 0.29) is 0 Å². The number of rotatable bonds is 7. The fourth-order valence-corrected chi connectivity index (χ4v) is 1.80. The second-order valence-electron chi connectivity index (χ2n) is 4.57. The van der Waals surface area contributed by atoms with Gasteiger partial charge in [0, 0.05) is 20.2 Å². The van der Waals surface area contributed by atoms with E-state index in [1.165, 1.54) is 12.8 Å². The van der Waals surface area contributed by atoms with Crippen molar-refractivity contribution in [1.29, 1.82) is 0 Å². The summed E-state index contributed by atoms with van der Waals surface area (Å²) in [7, 11) is 1.94. The minimum Gasteiger partial charge on any atom is -0.389 e. The third-order valence-corrected chi connectivity index (χ3v) is 3.17. The van der Waals surface area contributed by atoms with E-state index in [0.717, 1.165) is 24.6 Å². The van der Waals surface area contributed by atoms with E-state index in [1.807, 2.05) is 11.9 Å². The van der Waals surface area contributed by atoms with Crippen molar-refractivity contribution in [2.24, 2.45) is 11.7 Å². The van der Waals surface area contributed by atoms with Gasteiger partial charge in [0.2, 0.25) is 0 Å². The lowest BCUT2D eigenvalue weighted by Gasteiger charge is -2.19. The fraction of sp³-hybridized carbons (Fsp3) is 0.583. The Morgan fingerprint density at radius 2 is 2.39 bits per heavy atom. The topological polar surface area (TPSA) is 64.3 Å². The van der Waals surface area contributed by atoms with Crippen LogP contribution >= 0.6 is 12.2 Å². The standard InChI is InChI=1S/C12H18N4OS/c1-16(6-7-17-8-9-2-3-9)12-10(11(13)18)4-5-14-15-12/h4-5,9H,2-3,6-8H2,1H3,(H2,13,18). The number of anilines is 1. The molecule has 0 atom stereocenters. The first-order chi connectivity index (χ1) is 8.68. The molecule has 18 heavy (non-hydrogen) atoms. The van der Waals surface area contributed by atoms with Crippen molar-refractivity contribution >= 4 is 23.0 Å². The third-order valence-electron chi connectivity index (χ3n) is 2.95. The van der Waals surface area contributed by atoms with Crippen LogP contribution in [0.4, 0.5) is 5.82 Å². The molecular weight excluding hydrogens is 248 g/mol. The van der Waals surface area contributed by atoms with Gasteiger partial charge in [-0.3, -0.25) is 0 Å². The summed E-state index contributed by atoms with van der Waals surface area (Å²) in [6.45, 7) is 2.30. The minimum absolute atomic E-state index is 0.339. The molecule has 98 valence electrons. The van der Waals surface area contributed by atoms with Crippen molar-refractivity contribution < 1.29 is 4.74 Å². The summed E-state index contributed by atoms with van der Waals surface area (Å²) in [6.07, 6.45) is 4.21. The molecule has 0 bridgehead atoms. The summed E-state index contributed by atoms with van der Waals surface area (Å²) < 4.78 is 5.60. The lowest BCUT2D eigenvalue weighted by Crippen LogP contribution is -2.27. The Bertz CT molecular complexity index is 422. The van der Waals surface area contributed by atoms with Gasteiger partial charge in [-0.15, -0.1) is 5.10 Å². The Morgan fingerprint density at radius 1 is 1.61 bits per heavy atom. The van der Waals surface area contributed by atoms with Crippen LogP contribution in [0.25, 0.3) is 0 Å². The average Bonchev–Trinajstić information content (AvgIpc) is 3.18. The van der Waals surface area contributed by atoms with Gasteiger partial charge in [0.15, 0.2) is 5.82 Å². The molecule has 5 nitrogen and oxygen atoms in total. The van der Waals surface area contributed by atoms with Crippen LogP contribution in [0, 0.1) is 5.92 Å². The van der Waals surface area contributed by atoms with Crippen molar-refractivity contribution in [2.45, 2.75) is 12.8 Å². The van der Waals surface area contributed by atoms with Crippen LogP contribution in [0.5, 0.6) is 0 Å². The van der Waals surface area contributed by atoms with Crippen molar-refractivity contribution in [2.75, 3.05) is 31.7 Å². The van der Waals surface area contributed by atoms with Crippen LogP contribution in [-0.4, -0.2) is 42.0 Å². The molecule has 1 saturated carbocycles. The van der Waals surface area contributed by atoms with Crippen LogP contribution in [0.1, 0.15) is 18.4 Å². The maximum atomic E-state index is 5.66. The number of likely N-dealkylation sites (N-methyl/N-ethyl adjacent to an activating group) is 1. The smallest absolute Gasteiger partial charge is 0.161 e. The molecule has 1 aromatic rings. The predicted octanol–water partition coefficient (Wildman–Crippen LogP) is 0.974. The molecule has 1 aromatic heterocycles. The molecule has 0 saturated heterocycles. The van der Waals surface area contributed by atoms with Crippen LogP contribution in [0.2, 0.25) is 0 Å². The average molecular weight is 266 g/mol. The molecule has 2 rings (SSSR count). The van der Waals surface area contributed by atoms with E-state index in [9.17, 15) is 0 Å². The second kappa shape index (κ2) is 6.06. The molecule has 0 aromatic carbocycles. The van der Waals surface area contributed by atoms with Gasteiger partial charge in [0.25, 0.3) is 0 Å². The maximum Gasteiger partial charge on any atom is 0.161 e. The molecule has 0 radical (unpaired) electrons. The molecule has 1 aliphatic carbocycles. The van der Waals surface area contributed by atoms with Crippen LogP contribution < -0.4 is 10.6 Å². The largest absolute Gasteiger partial charge is 0.389 e. The van der Waals surface area contributed by atoms with Crippen molar-refractivity contribution in [3.8, 4) is 0 Å².